The van der Waals surface area contributed by atoms with Crippen molar-refractivity contribution in [3.05, 3.63) is 76.0 Å². The van der Waals surface area contributed by atoms with Crippen molar-refractivity contribution < 1.29 is 9.18 Å². The molecule has 0 aliphatic rings. The van der Waals surface area contributed by atoms with Crippen molar-refractivity contribution in [2.75, 3.05) is 20.6 Å². The van der Waals surface area contributed by atoms with E-state index in [0.717, 1.165) is 10.2 Å². The molecule has 6 nitrogen and oxygen atoms in total. The molecule has 0 aliphatic heterocycles. The van der Waals surface area contributed by atoms with Crippen molar-refractivity contribution >= 4 is 16.7 Å². The first-order valence-electron chi connectivity index (χ1n) is 8.54. The van der Waals surface area contributed by atoms with Crippen molar-refractivity contribution in [3.63, 3.8) is 0 Å². The predicted molar refractivity (Wildman–Crippen MR) is 102 cm³/mol. The highest BCUT2D eigenvalue weighted by molar-refractivity contribution is 6.04. The van der Waals surface area contributed by atoms with Crippen LogP contribution in [0.3, 0.4) is 0 Å². The van der Waals surface area contributed by atoms with E-state index in [9.17, 15) is 14.0 Å². The fourth-order valence-electron chi connectivity index (χ4n) is 3.05. The molecule has 0 spiro atoms. The molecule has 1 N–H and O–H groups in total. The van der Waals surface area contributed by atoms with Crippen molar-refractivity contribution in [2.45, 2.75) is 6.04 Å². The topological polar surface area (TPSA) is 67.2 Å². The minimum atomic E-state index is -0.384. The maximum Gasteiger partial charge on any atom is 0.274 e. The molecule has 2 aromatic carbocycles. The number of aromatic nitrogens is 2. The summed E-state index contributed by atoms with van der Waals surface area (Å²) in [6, 6.07) is 13.0. The Labute approximate surface area is 156 Å². The van der Waals surface area contributed by atoms with E-state index in [4.69, 9.17) is 0 Å². The average molecular weight is 368 g/mol. The SMILES string of the molecule is CN(C)[C@H](CNC(=O)c1nn(C)c(=O)c2ccccc12)c1cccc(F)c1. The summed E-state index contributed by atoms with van der Waals surface area (Å²) in [6.07, 6.45) is 0. The van der Waals surface area contributed by atoms with E-state index in [1.54, 1.807) is 30.3 Å². The first-order chi connectivity index (χ1) is 12.9. The molecule has 0 saturated heterocycles. The molecule has 3 rings (SSSR count). The van der Waals surface area contributed by atoms with Crippen molar-refractivity contribution in [1.82, 2.24) is 20.0 Å². The number of aryl methyl sites for hydroxylation is 1. The average Bonchev–Trinajstić information content (AvgIpc) is 2.64. The highest BCUT2D eigenvalue weighted by Gasteiger charge is 2.19. The lowest BCUT2D eigenvalue weighted by molar-refractivity contribution is 0.0936. The molecule has 0 bridgehead atoms. The van der Waals surface area contributed by atoms with E-state index in [1.807, 2.05) is 25.1 Å². The van der Waals surface area contributed by atoms with Crippen LogP contribution in [0.25, 0.3) is 10.8 Å². The van der Waals surface area contributed by atoms with Crippen LogP contribution in [-0.2, 0) is 7.05 Å². The molecule has 140 valence electrons. The zero-order valence-corrected chi connectivity index (χ0v) is 15.4. The summed E-state index contributed by atoms with van der Waals surface area (Å²) in [4.78, 5) is 26.9. The smallest absolute Gasteiger partial charge is 0.274 e. The van der Waals surface area contributed by atoms with Gasteiger partial charge in [0.1, 0.15) is 5.82 Å². The monoisotopic (exact) mass is 368 g/mol. The number of nitrogens with one attached hydrogen (secondary N) is 1. The minimum absolute atomic E-state index is 0.185. The molecule has 1 amide bonds. The van der Waals surface area contributed by atoms with Gasteiger partial charge in [0.15, 0.2) is 5.69 Å². The summed E-state index contributed by atoms with van der Waals surface area (Å²) < 4.78 is 14.7. The Morgan fingerprint density at radius 3 is 2.56 bits per heavy atom. The Balaban J connectivity index is 1.88. The van der Waals surface area contributed by atoms with Crippen LogP contribution < -0.4 is 10.9 Å². The lowest BCUT2D eigenvalue weighted by Crippen LogP contribution is -2.36. The fourth-order valence-corrected chi connectivity index (χ4v) is 3.05. The normalized spacial score (nSPS) is 12.3. The van der Waals surface area contributed by atoms with Crippen molar-refractivity contribution in [2.24, 2.45) is 7.05 Å². The summed E-state index contributed by atoms with van der Waals surface area (Å²) in [7, 11) is 5.24. The highest BCUT2D eigenvalue weighted by atomic mass is 19.1. The molecule has 1 atom stereocenters. The maximum absolute atomic E-state index is 13.6. The number of carbonyl (C=O) groups is 1. The van der Waals surface area contributed by atoms with Crippen LogP contribution >= 0.6 is 0 Å². The number of carbonyl (C=O) groups excluding carboxylic acids is 1. The first-order valence-corrected chi connectivity index (χ1v) is 8.54. The molecular formula is C20H21FN4O2. The van der Waals surface area contributed by atoms with Gasteiger partial charge in [0.25, 0.3) is 11.5 Å². The zero-order valence-electron chi connectivity index (χ0n) is 15.4. The molecule has 0 fully saturated rings. The van der Waals surface area contributed by atoms with Crippen LogP contribution in [0.15, 0.2) is 53.3 Å². The van der Waals surface area contributed by atoms with Gasteiger partial charge in [0.05, 0.1) is 11.4 Å². The summed E-state index contributed by atoms with van der Waals surface area (Å²) >= 11 is 0. The first kappa shape index (κ1) is 18.7. The molecule has 0 aliphatic carbocycles. The molecule has 27 heavy (non-hydrogen) atoms. The van der Waals surface area contributed by atoms with E-state index in [-0.39, 0.29) is 35.6 Å². The number of nitrogens with zero attached hydrogens (tertiary/aromatic N) is 3. The van der Waals surface area contributed by atoms with Gasteiger partial charge in [-0.2, -0.15) is 5.10 Å². The van der Waals surface area contributed by atoms with Gasteiger partial charge in [0.2, 0.25) is 0 Å². The third-order valence-electron chi connectivity index (χ3n) is 4.48. The van der Waals surface area contributed by atoms with Gasteiger partial charge in [-0.05, 0) is 37.9 Å². The van der Waals surface area contributed by atoms with E-state index in [2.05, 4.69) is 10.4 Å². The Hall–Kier alpha value is -3.06. The third kappa shape index (κ3) is 3.88. The number of benzene rings is 2. The fraction of sp³-hybridized carbons (Fsp3) is 0.250. The van der Waals surface area contributed by atoms with Crippen LogP contribution in [0.1, 0.15) is 22.1 Å². The van der Waals surface area contributed by atoms with E-state index in [1.165, 1.54) is 19.2 Å². The number of amides is 1. The largest absolute Gasteiger partial charge is 0.349 e. The number of fused-ring (bicyclic) bond motifs is 1. The van der Waals surface area contributed by atoms with Gasteiger partial charge >= 0.3 is 0 Å². The van der Waals surface area contributed by atoms with Crippen LogP contribution in [0.5, 0.6) is 0 Å². The summed E-state index contributed by atoms with van der Waals surface area (Å²) in [5.41, 5.74) is 0.691. The molecule has 0 saturated carbocycles. The molecule has 3 aromatic rings. The summed E-state index contributed by atoms with van der Waals surface area (Å²) in [6.45, 7) is 0.272. The van der Waals surface area contributed by atoms with Gasteiger partial charge in [-0.25, -0.2) is 9.07 Å². The second kappa shape index (κ2) is 7.67. The molecule has 0 unspecified atom stereocenters. The van der Waals surface area contributed by atoms with E-state index < -0.39 is 0 Å². The van der Waals surface area contributed by atoms with E-state index >= 15 is 0 Å². The molecular weight excluding hydrogens is 347 g/mol. The summed E-state index contributed by atoms with van der Waals surface area (Å²) in [5, 5.41) is 7.93. The predicted octanol–water partition coefficient (Wildman–Crippen LogP) is 2.11. The van der Waals surface area contributed by atoms with Gasteiger partial charge in [-0.3, -0.25) is 9.59 Å². The maximum atomic E-state index is 13.6. The number of hydrogen-bond acceptors (Lipinski definition) is 4. The van der Waals surface area contributed by atoms with Gasteiger partial charge in [0, 0.05) is 19.0 Å². The molecule has 1 aromatic heterocycles. The molecule has 1 heterocycles. The zero-order chi connectivity index (χ0) is 19.6. The molecule has 0 radical (unpaired) electrons. The van der Waals surface area contributed by atoms with E-state index in [0.29, 0.717) is 10.8 Å². The van der Waals surface area contributed by atoms with Crippen LogP contribution in [0, 0.1) is 5.82 Å². The number of hydrogen-bond donors (Lipinski definition) is 1. The number of halogens is 1. The van der Waals surface area contributed by atoms with Gasteiger partial charge < -0.3 is 10.2 Å². The van der Waals surface area contributed by atoms with Crippen LogP contribution in [0.2, 0.25) is 0 Å². The minimum Gasteiger partial charge on any atom is -0.349 e. The number of likely N-dealkylation sites (N-methyl/N-ethyl adjacent to an activating group) is 1. The third-order valence-corrected chi connectivity index (χ3v) is 4.48. The quantitative estimate of drug-likeness (QED) is 0.749. The lowest BCUT2D eigenvalue weighted by atomic mass is 10.1. The second-order valence-electron chi connectivity index (χ2n) is 6.57. The number of rotatable bonds is 5. The standard InChI is InChI=1S/C20H21FN4O2/c1-24(2)17(13-7-6-8-14(21)11-13)12-22-19(26)18-15-9-4-5-10-16(15)20(27)25(3)23-18/h4-11,17H,12H2,1-3H3,(H,22,26)/t17-/m1/s1. The Bertz CT molecular complexity index is 1050. The highest BCUT2D eigenvalue weighted by Crippen LogP contribution is 2.19. The Kier molecular flexibility index (Phi) is 5.32. The van der Waals surface area contributed by atoms with Crippen molar-refractivity contribution in [3.8, 4) is 0 Å². The Morgan fingerprint density at radius 2 is 1.89 bits per heavy atom. The Morgan fingerprint density at radius 1 is 1.19 bits per heavy atom. The van der Waals surface area contributed by atoms with Crippen LogP contribution in [0.4, 0.5) is 4.39 Å². The van der Waals surface area contributed by atoms with Crippen LogP contribution in [-0.4, -0.2) is 41.2 Å². The summed E-state index contributed by atoms with van der Waals surface area (Å²) in [5.74, 6) is -0.707. The van der Waals surface area contributed by atoms with Crippen molar-refractivity contribution in [1.29, 1.82) is 0 Å². The second-order valence-corrected chi connectivity index (χ2v) is 6.57. The van der Waals surface area contributed by atoms with Gasteiger partial charge in [-0.15, -0.1) is 0 Å². The molecule has 7 heteroatoms. The van der Waals surface area contributed by atoms with Gasteiger partial charge in [-0.1, -0.05) is 30.3 Å². The lowest BCUT2D eigenvalue weighted by Gasteiger charge is -2.25.